The minimum atomic E-state index is -1.31. The molecule has 1 N–H and O–H groups in total. The summed E-state index contributed by atoms with van der Waals surface area (Å²) in [7, 11) is 1.48. The summed E-state index contributed by atoms with van der Waals surface area (Å²) in [6.45, 7) is 0. The summed E-state index contributed by atoms with van der Waals surface area (Å²) < 4.78 is 18.2. The molecule has 5 nitrogen and oxygen atoms in total. The highest BCUT2D eigenvalue weighted by Crippen LogP contribution is 2.27. The molecule has 0 amide bonds. The highest BCUT2D eigenvalue weighted by atomic mass is 32.2. The van der Waals surface area contributed by atoms with Crippen molar-refractivity contribution in [1.82, 2.24) is 9.97 Å². The molecule has 98 valence electrons. The van der Waals surface area contributed by atoms with E-state index in [9.17, 15) is 9.18 Å². The number of aromatic carboxylic acids is 1. The monoisotopic (exact) mass is 280 g/mol. The average Bonchev–Trinajstić information content (AvgIpc) is 2.41. The van der Waals surface area contributed by atoms with E-state index in [1.807, 2.05) is 0 Å². The van der Waals surface area contributed by atoms with Crippen LogP contribution in [0.5, 0.6) is 5.88 Å². The fourth-order valence-electron chi connectivity index (χ4n) is 1.33. The van der Waals surface area contributed by atoms with Crippen LogP contribution in [0.25, 0.3) is 0 Å². The number of hydrogen-bond donors (Lipinski definition) is 1. The fourth-order valence-corrected chi connectivity index (χ4v) is 2.10. The topological polar surface area (TPSA) is 72.3 Å². The zero-order valence-corrected chi connectivity index (χ0v) is 10.6. The Kier molecular flexibility index (Phi) is 3.96. The van der Waals surface area contributed by atoms with Crippen molar-refractivity contribution in [1.29, 1.82) is 0 Å². The predicted molar refractivity (Wildman–Crippen MR) is 66.1 cm³/mol. The van der Waals surface area contributed by atoms with Gasteiger partial charge < -0.3 is 9.84 Å². The smallest absolute Gasteiger partial charge is 0.338 e. The van der Waals surface area contributed by atoms with Gasteiger partial charge in [-0.25, -0.2) is 14.2 Å². The van der Waals surface area contributed by atoms with E-state index in [0.29, 0.717) is 15.9 Å². The minimum Gasteiger partial charge on any atom is -0.481 e. The first-order valence-electron chi connectivity index (χ1n) is 5.18. The molecule has 0 fully saturated rings. The maximum atomic E-state index is 13.2. The van der Waals surface area contributed by atoms with Crippen molar-refractivity contribution >= 4 is 17.7 Å². The number of hydrogen-bond acceptors (Lipinski definition) is 5. The Morgan fingerprint density at radius 3 is 2.89 bits per heavy atom. The lowest BCUT2D eigenvalue weighted by atomic mass is 10.2. The van der Waals surface area contributed by atoms with Crippen LogP contribution in [-0.4, -0.2) is 28.2 Å². The third-order valence-electron chi connectivity index (χ3n) is 2.19. The highest BCUT2D eigenvalue weighted by Gasteiger charge is 2.12. The Bertz CT molecular complexity index is 622. The van der Waals surface area contributed by atoms with E-state index in [4.69, 9.17) is 9.84 Å². The fraction of sp³-hybridized carbons (Fsp3) is 0.0833. The molecule has 0 bridgehead atoms. The van der Waals surface area contributed by atoms with Crippen LogP contribution in [0.4, 0.5) is 4.39 Å². The van der Waals surface area contributed by atoms with Crippen molar-refractivity contribution in [2.75, 3.05) is 7.11 Å². The van der Waals surface area contributed by atoms with Crippen LogP contribution in [0.1, 0.15) is 10.4 Å². The summed E-state index contributed by atoms with van der Waals surface area (Å²) in [6, 6.07) is 5.41. The molecule has 0 saturated carbocycles. The van der Waals surface area contributed by atoms with Gasteiger partial charge in [-0.1, -0.05) is 0 Å². The second kappa shape index (κ2) is 5.66. The molecule has 7 heteroatoms. The molecule has 0 radical (unpaired) electrons. The van der Waals surface area contributed by atoms with Crippen molar-refractivity contribution in [3.05, 3.63) is 41.8 Å². The van der Waals surface area contributed by atoms with Crippen LogP contribution in [0.15, 0.2) is 40.5 Å². The molecule has 0 spiro atoms. The maximum Gasteiger partial charge on any atom is 0.338 e. The van der Waals surface area contributed by atoms with Gasteiger partial charge >= 0.3 is 5.97 Å². The Balaban J connectivity index is 2.28. The van der Waals surface area contributed by atoms with Crippen LogP contribution < -0.4 is 4.74 Å². The van der Waals surface area contributed by atoms with E-state index in [-0.39, 0.29) is 5.56 Å². The van der Waals surface area contributed by atoms with Gasteiger partial charge in [-0.05, 0) is 30.0 Å². The molecule has 1 heterocycles. The van der Waals surface area contributed by atoms with Gasteiger partial charge in [-0.3, -0.25) is 0 Å². The molecule has 0 unspecified atom stereocenters. The molecule has 0 atom stereocenters. The number of benzene rings is 1. The lowest BCUT2D eigenvalue weighted by Gasteiger charge is -2.04. The molecule has 19 heavy (non-hydrogen) atoms. The summed E-state index contributed by atoms with van der Waals surface area (Å²) in [4.78, 5) is 19.4. The number of nitrogens with zero attached hydrogens (tertiary/aromatic N) is 2. The quantitative estimate of drug-likeness (QED) is 0.867. The Morgan fingerprint density at radius 1 is 1.42 bits per heavy atom. The third-order valence-corrected chi connectivity index (χ3v) is 3.06. The van der Waals surface area contributed by atoms with Gasteiger partial charge in [0, 0.05) is 17.2 Å². The second-order valence-electron chi connectivity index (χ2n) is 3.43. The van der Waals surface area contributed by atoms with Gasteiger partial charge in [0.1, 0.15) is 5.82 Å². The van der Waals surface area contributed by atoms with Crippen LogP contribution in [0.3, 0.4) is 0 Å². The van der Waals surface area contributed by atoms with E-state index >= 15 is 0 Å². The number of aromatic nitrogens is 2. The van der Waals surface area contributed by atoms with Crippen molar-refractivity contribution < 1.29 is 19.0 Å². The zero-order valence-electron chi connectivity index (χ0n) is 9.83. The molecule has 0 aliphatic rings. The molecular formula is C12H9FN2O3S. The molecule has 1 aromatic heterocycles. The van der Waals surface area contributed by atoms with E-state index in [2.05, 4.69) is 9.97 Å². The first-order valence-corrected chi connectivity index (χ1v) is 5.99. The average molecular weight is 280 g/mol. The van der Waals surface area contributed by atoms with Gasteiger partial charge in [0.25, 0.3) is 0 Å². The maximum absolute atomic E-state index is 13.2. The number of rotatable bonds is 4. The largest absolute Gasteiger partial charge is 0.481 e. The van der Waals surface area contributed by atoms with Crippen LogP contribution in [0, 0.1) is 5.82 Å². The number of carbonyl (C=O) groups is 1. The summed E-state index contributed by atoms with van der Waals surface area (Å²) in [5.41, 5.74) is -0.382. The van der Waals surface area contributed by atoms with E-state index < -0.39 is 11.8 Å². The Morgan fingerprint density at radius 2 is 2.21 bits per heavy atom. The summed E-state index contributed by atoms with van der Waals surface area (Å²) >= 11 is 1.13. The second-order valence-corrected chi connectivity index (χ2v) is 4.47. The van der Waals surface area contributed by atoms with Crippen molar-refractivity contribution in [2.45, 2.75) is 10.1 Å². The standard InChI is InChI=1S/C12H9FN2O3S/c1-18-10-4-5-14-12(15-10)19-7-2-3-9(13)8(6-7)11(16)17/h2-6H,1H3,(H,16,17). The number of ether oxygens (including phenoxy) is 1. The van der Waals surface area contributed by atoms with Crippen molar-refractivity contribution in [2.24, 2.45) is 0 Å². The summed E-state index contributed by atoms with van der Waals surface area (Å²) in [5, 5.41) is 9.23. The first-order chi connectivity index (χ1) is 9.10. The van der Waals surface area contributed by atoms with E-state index in [1.54, 1.807) is 6.07 Å². The van der Waals surface area contributed by atoms with Gasteiger partial charge in [0.15, 0.2) is 5.16 Å². The Hall–Kier alpha value is -2.15. The lowest BCUT2D eigenvalue weighted by Crippen LogP contribution is -2.00. The lowest BCUT2D eigenvalue weighted by molar-refractivity contribution is 0.0691. The third kappa shape index (κ3) is 3.19. The zero-order chi connectivity index (χ0) is 13.8. The molecule has 2 aromatic rings. The predicted octanol–water partition coefficient (Wildman–Crippen LogP) is 2.47. The van der Waals surface area contributed by atoms with E-state index in [1.165, 1.54) is 25.4 Å². The number of carboxylic acid groups (broad SMARTS) is 1. The van der Waals surface area contributed by atoms with Gasteiger partial charge in [0.05, 0.1) is 12.7 Å². The highest BCUT2D eigenvalue weighted by molar-refractivity contribution is 7.99. The molecule has 0 aliphatic heterocycles. The Labute approximate surface area is 112 Å². The van der Waals surface area contributed by atoms with Gasteiger partial charge in [-0.2, -0.15) is 4.98 Å². The van der Waals surface area contributed by atoms with Gasteiger partial charge in [0.2, 0.25) is 5.88 Å². The first kappa shape index (κ1) is 13.3. The SMILES string of the molecule is COc1ccnc(Sc2ccc(F)c(C(=O)O)c2)n1. The normalized spacial score (nSPS) is 10.2. The number of carboxylic acids is 1. The van der Waals surface area contributed by atoms with Crippen LogP contribution in [-0.2, 0) is 0 Å². The van der Waals surface area contributed by atoms with Crippen molar-refractivity contribution in [3.8, 4) is 5.88 Å². The molecule has 2 rings (SSSR count). The molecule has 0 aliphatic carbocycles. The minimum absolute atomic E-state index is 0.382. The van der Waals surface area contributed by atoms with Crippen LogP contribution >= 0.6 is 11.8 Å². The van der Waals surface area contributed by atoms with E-state index in [0.717, 1.165) is 17.8 Å². The molecule has 0 saturated heterocycles. The summed E-state index contributed by atoms with van der Waals surface area (Å²) in [5.74, 6) is -1.69. The van der Waals surface area contributed by atoms with Crippen LogP contribution in [0.2, 0.25) is 0 Å². The van der Waals surface area contributed by atoms with Crippen molar-refractivity contribution in [3.63, 3.8) is 0 Å². The molecule has 1 aromatic carbocycles. The molecular weight excluding hydrogens is 271 g/mol. The summed E-state index contributed by atoms with van der Waals surface area (Å²) in [6.07, 6.45) is 1.52. The number of methoxy groups -OCH3 is 1. The number of halogens is 1. The van der Waals surface area contributed by atoms with Gasteiger partial charge in [-0.15, -0.1) is 0 Å².